The molecule has 2 heteroatoms. The first-order valence-electron chi connectivity index (χ1n) is 10.5. The third-order valence-electron chi connectivity index (χ3n) is 5.83. The van der Waals surface area contributed by atoms with Crippen molar-refractivity contribution < 1.29 is 0 Å². The zero-order valence-electron chi connectivity index (χ0n) is 16.9. The largest absolute Gasteiger partial charge is 0.338 e. The van der Waals surface area contributed by atoms with Gasteiger partial charge in [0, 0.05) is 5.56 Å². The Bertz CT molecular complexity index is 1460. The van der Waals surface area contributed by atoms with Gasteiger partial charge in [-0.15, -0.1) is 0 Å². The molecule has 0 unspecified atom stereocenters. The fourth-order valence-corrected chi connectivity index (χ4v) is 4.36. The Balaban J connectivity index is 0.000000120. The predicted octanol–water partition coefficient (Wildman–Crippen LogP) is 7.81. The Morgan fingerprint density at radius 2 is 0.968 bits per heavy atom. The van der Waals surface area contributed by atoms with Gasteiger partial charge in [-0.1, -0.05) is 103 Å². The summed E-state index contributed by atoms with van der Waals surface area (Å²) in [5.41, 5.74) is 3.21. The van der Waals surface area contributed by atoms with E-state index in [0.29, 0.717) is 0 Å². The summed E-state index contributed by atoms with van der Waals surface area (Å²) in [6.45, 7) is 0. The highest BCUT2D eigenvalue weighted by molar-refractivity contribution is 6.22. The molecule has 1 aromatic heterocycles. The Hall–Kier alpha value is -4.17. The summed E-state index contributed by atoms with van der Waals surface area (Å²) < 4.78 is 0. The van der Waals surface area contributed by atoms with Crippen molar-refractivity contribution in [2.45, 2.75) is 0 Å². The second-order valence-corrected chi connectivity index (χ2v) is 7.76. The van der Waals surface area contributed by atoms with Gasteiger partial charge in [0.05, 0.1) is 11.0 Å². The number of fused-ring (bicyclic) bond motifs is 1. The highest BCUT2D eigenvalue weighted by Gasteiger charge is 2.06. The van der Waals surface area contributed by atoms with Crippen molar-refractivity contribution in [1.29, 1.82) is 0 Å². The number of H-pyrrole nitrogens is 1. The minimum Gasteiger partial charge on any atom is -0.338 e. The minimum absolute atomic E-state index is 0.928. The number of imidazole rings is 1. The SMILES string of the molecule is c1cc2ccc3cccc4ccc(c1)c2c34.c1ccc(-c2nc3ccccc3[nH]2)cc1. The van der Waals surface area contributed by atoms with Crippen LogP contribution in [-0.2, 0) is 0 Å². The third kappa shape index (κ3) is 3.10. The van der Waals surface area contributed by atoms with E-state index in [1.54, 1.807) is 0 Å². The van der Waals surface area contributed by atoms with Crippen molar-refractivity contribution >= 4 is 43.4 Å². The normalized spacial score (nSPS) is 11.2. The molecule has 0 amide bonds. The Morgan fingerprint density at radius 3 is 1.52 bits per heavy atom. The van der Waals surface area contributed by atoms with E-state index >= 15 is 0 Å². The first-order chi connectivity index (χ1) is 15.4. The summed E-state index contributed by atoms with van der Waals surface area (Å²) in [5, 5.41) is 8.14. The fraction of sp³-hybridized carbons (Fsp3) is 0. The van der Waals surface area contributed by atoms with Gasteiger partial charge in [0.1, 0.15) is 5.82 Å². The van der Waals surface area contributed by atoms with Crippen molar-refractivity contribution in [2.75, 3.05) is 0 Å². The number of nitrogens with one attached hydrogen (secondary N) is 1. The van der Waals surface area contributed by atoms with Crippen LogP contribution in [0.25, 0.3) is 54.7 Å². The molecule has 6 aromatic carbocycles. The Kier molecular flexibility index (Phi) is 4.14. The lowest BCUT2D eigenvalue weighted by Gasteiger charge is -2.09. The van der Waals surface area contributed by atoms with E-state index in [1.165, 1.54) is 32.3 Å². The molecule has 146 valence electrons. The van der Waals surface area contributed by atoms with Gasteiger partial charge in [-0.05, 0) is 44.5 Å². The van der Waals surface area contributed by atoms with Crippen LogP contribution in [0.15, 0.2) is 115 Å². The van der Waals surface area contributed by atoms with Crippen molar-refractivity contribution in [3.8, 4) is 11.4 Å². The summed E-state index contributed by atoms with van der Waals surface area (Å²) in [6, 6.07) is 40.1. The molecule has 0 fully saturated rings. The molecule has 0 saturated heterocycles. The van der Waals surface area contributed by atoms with Gasteiger partial charge in [0.25, 0.3) is 0 Å². The molecule has 7 rings (SSSR count). The molecule has 1 N–H and O–H groups in total. The van der Waals surface area contributed by atoms with Crippen LogP contribution >= 0.6 is 0 Å². The van der Waals surface area contributed by atoms with E-state index in [2.05, 4.69) is 82.8 Å². The highest BCUT2D eigenvalue weighted by Crippen LogP contribution is 2.33. The lowest BCUT2D eigenvalue weighted by Crippen LogP contribution is -1.82. The molecule has 0 saturated carbocycles. The lowest BCUT2D eigenvalue weighted by molar-refractivity contribution is 1.34. The molecule has 0 atom stereocenters. The van der Waals surface area contributed by atoms with Gasteiger partial charge in [-0.25, -0.2) is 4.98 Å². The molecule has 1 heterocycles. The van der Waals surface area contributed by atoms with Gasteiger partial charge in [-0.2, -0.15) is 0 Å². The average Bonchev–Trinajstić information content (AvgIpc) is 3.28. The standard InChI is InChI=1S/C16H10.C13H10N2/c1-3-11-7-9-13-5-2-6-14-10-8-12(4-1)15(11)16(13)14;1-2-6-10(7-3-1)13-14-11-8-4-5-9-12(11)15-13/h1-10H;1-9H,(H,14,15). The zero-order chi connectivity index (χ0) is 20.6. The first-order valence-corrected chi connectivity index (χ1v) is 10.5. The summed E-state index contributed by atoms with van der Waals surface area (Å²) >= 11 is 0. The van der Waals surface area contributed by atoms with Crippen LogP contribution in [0.2, 0.25) is 0 Å². The van der Waals surface area contributed by atoms with Gasteiger partial charge < -0.3 is 4.98 Å². The minimum atomic E-state index is 0.928. The molecule has 0 radical (unpaired) electrons. The quantitative estimate of drug-likeness (QED) is 0.282. The maximum atomic E-state index is 4.53. The van der Waals surface area contributed by atoms with E-state index in [4.69, 9.17) is 0 Å². The van der Waals surface area contributed by atoms with Gasteiger partial charge >= 0.3 is 0 Å². The van der Waals surface area contributed by atoms with E-state index < -0.39 is 0 Å². The van der Waals surface area contributed by atoms with E-state index in [-0.39, 0.29) is 0 Å². The van der Waals surface area contributed by atoms with Gasteiger partial charge in [0.15, 0.2) is 0 Å². The molecule has 0 aliphatic heterocycles. The van der Waals surface area contributed by atoms with Crippen molar-refractivity contribution in [1.82, 2.24) is 9.97 Å². The topological polar surface area (TPSA) is 28.7 Å². The maximum absolute atomic E-state index is 4.53. The number of benzene rings is 6. The van der Waals surface area contributed by atoms with Crippen LogP contribution in [0, 0.1) is 0 Å². The second kappa shape index (κ2) is 7.26. The number of hydrogen-bond donors (Lipinski definition) is 1. The molecular weight excluding hydrogens is 376 g/mol. The number of nitrogens with zero attached hydrogens (tertiary/aromatic N) is 1. The molecule has 7 aromatic rings. The molecule has 0 aliphatic rings. The zero-order valence-corrected chi connectivity index (χ0v) is 16.9. The predicted molar refractivity (Wildman–Crippen MR) is 132 cm³/mol. The van der Waals surface area contributed by atoms with E-state index in [9.17, 15) is 0 Å². The fourth-order valence-electron chi connectivity index (χ4n) is 4.36. The van der Waals surface area contributed by atoms with Crippen molar-refractivity contribution in [3.05, 3.63) is 115 Å². The lowest BCUT2D eigenvalue weighted by atomic mass is 9.95. The Labute approximate surface area is 180 Å². The number of hydrogen-bond acceptors (Lipinski definition) is 1. The van der Waals surface area contributed by atoms with Crippen LogP contribution in [0.5, 0.6) is 0 Å². The van der Waals surface area contributed by atoms with Crippen LogP contribution in [-0.4, -0.2) is 9.97 Å². The van der Waals surface area contributed by atoms with Gasteiger partial charge in [0.2, 0.25) is 0 Å². The molecule has 0 spiro atoms. The first kappa shape index (κ1) is 17.7. The molecule has 2 nitrogen and oxygen atoms in total. The van der Waals surface area contributed by atoms with Crippen molar-refractivity contribution in [2.24, 2.45) is 0 Å². The van der Waals surface area contributed by atoms with Crippen LogP contribution in [0.4, 0.5) is 0 Å². The third-order valence-corrected chi connectivity index (χ3v) is 5.83. The molecule has 31 heavy (non-hydrogen) atoms. The van der Waals surface area contributed by atoms with Crippen molar-refractivity contribution in [3.63, 3.8) is 0 Å². The van der Waals surface area contributed by atoms with Gasteiger partial charge in [-0.3, -0.25) is 0 Å². The van der Waals surface area contributed by atoms with Crippen LogP contribution in [0.3, 0.4) is 0 Å². The molecule has 0 aliphatic carbocycles. The van der Waals surface area contributed by atoms with E-state index in [0.717, 1.165) is 22.4 Å². The summed E-state index contributed by atoms with van der Waals surface area (Å²) in [5.74, 6) is 0.928. The van der Waals surface area contributed by atoms with Crippen LogP contribution in [0.1, 0.15) is 0 Å². The maximum Gasteiger partial charge on any atom is 0.138 e. The van der Waals surface area contributed by atoms with E-state index in [1.807, 2.05) is 42.5 Å². The summed E-state index contributed by atoms with van der Waals surface area (Å²) in [7, 11) is 0. The number of rotatable bonds is 1. The second-order valence-electron chi connectivity index (χ2n) is 7.76. The summed E-state index contributed by atoms with van der Waals surface area (Å²) in [6.07, 6.45) is 0. The van der Waals surface area contributed by atoms with Crippen LogP contribution < -0.4 is 0 Å². The molecular formula is C29H20N2. The molecule has 0 bridgehead atoms. The number of aromatic nitrogens is 2. The summed E-state index contributed by atoms with van der Waals surface area (Å²) in [4.78, 5) is 7.83. The smallest absolute Gasteiger partial charge is 0.138 e. The average molecular weight is 396 g/mol. The number of aromatic amines is 1. The monoisotopic (exact) mass is 396 g/mol. The number of para-hydroxylation sites is 2. The Morgan fingerprint density at radius 1 is 0.452 bits per heavy atom. The highest BCUT2D eigenvalue weighted by atomic mass is 14.9.